The number of aryl methyl sites for hydroxylation is 1. The quantitative estimate of drug-likeness (QED) is 0.361. The lowest BCUT2D eigenvalue weighted by Gasteiger charge is -2.19. The van der Waals surface area contributed by atoms with Crippen molar-refractivity contribution in [3.8, 4) is 0 Å². The molecule has 1 aromatic heterocycles. The van der Waals surface area contributed by atoms with E-state index in [1.54, 1.807) is 0 Å². The number of guanidine groups is 1. The fraction of sp³-hybridized carbons (Fsp3) is 0.471. The van der Waals surface area contributed by atoms with Crippen LogP contribution in [0.15, 0.2) is 33.7 Å². The molecule has 1 fully saturated rings. The molecule has 2 aromatic rings. The van der Waals surface area contributed by atoms with Gasteiger partial charge in [0.25, 0.3) is 0 Å². The molecule has 3 rings (SSSR count). The summed E-state index contributed by atoms with van der Waals surface area (Å²) in [6.45, 7) is 4.58. The van der Waals surface area contributed by atoms with Crippen LogP contribution in [0, 0.1) is 6.92 Å². The lowest BCUT2D eigenvalue weighted by Crippen LogP contribution is -2.40. The summed E-state index contributed by atoms with van der Waals surface area (Å²) in [5.74, 6) is 2.57. The molecule has 1 aromatic carbocycles. The summed E-state index contributed by atoms with van der Waals surface area (Å²) in [6.07, 6.45) is 2.40. The van der Waals surface area contributed by atoms with Crippen LogP contribution in [-0.2, 0) is 13.6 Å². The lowest BCUT2D eigenvalue weighted by molar-refractivity contribution is 0.673. The van der Waals surface area contributed by atoms with E-state index in [2.05, 4.69) is 55.8 Å². The molecule has 25 heavy (non-hydrogen) atoms. The number of nitrogens with one attached hydrogen (secondary N) is 2. The number of nitrogens with zero attached hydrogens (tertiary/aromatic N) is 4. The van der Waals surface area contributed by atoms with Crippen LogP contribution in [0.4, 0.5) is 0 Å². The summed E-state index contributed by atoms with van der Waals surface area (Å²) < 4.78 is 3.06. The van der Waals surface area contributed by atoms with Crippen molar-refractivity contribution < 1.29 is 0 Å². The first kappa shape index (κ1) is 20.2. The minimum absolute atomic E-state index is 0. The number of halogens is 2. The molecule has 1 aliphatic carbocycles. The Morgan fingerprint density at radius 2 is 2.08 bits per heavy atom. The Hall–Kier alpha value is -1.16. The summed E-state index contributed by atoms with van der Waals surface area (Å²) >= 11 is 3.62. The predicted molar refractivity (Wildman–Crippen MR) is 114 cm³/mol. The molecule has 2 N–H and O–H groups in total. The molecule has 0 radical (unpaired) electrons. The van der Waals surface area contributed by atoms with Crippen molar-refractivity contribution in [3.63, 3.8) is 0 Å². The third-order valence-corrected chi connectivity index (χ3v) is 4.93. The van der Waals surface area contributed by atoms with Crippen molar-refractivity contribution >= 4 is 45.9 Å². The number of hydrogen-bond acceptors (Lipinski definition) is 3. The zero-order valence-corrected chi connectivity index (χ0v) is 18.6. The summed E-state index contributed by atoms with van der Waals surface area (Å²) in [5.41, 5.74) is 1.21. The number of hydrogen-bond donors (Lipinski definition) is 2. The Bertz CT molecular complexity index is 740. The minimum atomic E-state index is 0. The van der Waals surface area contributed by atoms with E-state index in [-0.39, 0.29) is 30.0 Å². The van der Waals surface area contributed by atoms with Gasteiger partial charge in [-0.3, -0.25) is 0 Å². The second kappa shape index (κ2) is 8.98. The summed E-state index contributed by atoms with van der Waals surface area (Å²) in [5, 5.41) is 15.2. The standard InChI is InChI=1S/C17H23BrN6.HI/c1-11(14-6-4-5-7-15(14)18)20-17(21-13-8-9-13)19-10-16-23-22-12(2)24(16)3;/h4-7,11,13H,8-10H2,1-3H3,(H2,19,20,21);1H. The van der Waals surface area contributed by atoms with Crippen LogP contribution in [0.5, 0.6) is 0 Å². The average molecular weight is 519 g/mol. The molecular weight excluding hydrogens is 495 g/mol. The smallest absolute Gasteiger partial charge is 0.192 e. The van der Waals surface area contributed by atoms with Crippen molar-refractivity contribution in [3.05, 3.63) is 46.0 Å². The van der Waals surface area contributed by atoms with Gasteiger partial charge >= 0.3 is 0 Å². The molecule has 0 aliphatic heterocycles. The van der Waals surface area contributed by atoms with Gasteiger partial charge in [-0.05, 0) is 38.3 Å². The highest BCUT2D eigenvalue weighted by Gasteiger charge is 2.23. The minimum Gasteiger partial charge on any atom is -0.354 e. The second-order valence-electron chi connectivity index (χ2n) is 6.19. The first-order valence-electron chi connectivity index (χ1n) is 8.21. The van der Waals surface area contributed by atoms with Gasteiger partial charge in [-0.2, -0.15) is 0 Å². The summed E-state index contributed by atoms with van der Waals surface area (Å²) in [4.78, 5) is 4.70. The van der Waals surface area contributed by atoms with Crippen LogP contribution in [0.2, 0.25) is 0 Å². The lowest BCUT2D eigenvalue weighted by atomic mass is 10.1. The topological polar surface area (TPSA) is 67.1 Å². The van der Waals surface area contributed by atoms with Crippen molar-refractivity contribution in [1.29, 1.82) is 0 Å². The molecule has 0 saturated heterocycles. The van der Waals surface area contributed by atoms with E-state index >= 15 is 0 Å². The third-order valence-electron chi connectivity index (χ3n) is 4.20. The Kier molecular flexibility index (Phi) is 7.24. The van der Waals surface area contributed by atoms with E-state index in [1.807, 2.05) is 30.7 Å². The van der Waals surface area contributed by atoms with Crippen molar-refractivity contribution in [2.24, 2.45) is 12.0 Å². The Morgan fingerprint density at radius 3 is 2.68 bits per heavy atom. The largest absolute Gasteiger partial charge is 0.354 e. The van der Waals surface area contributed by atoms with Crippen LogP contribution >= 0.6 is 39.9 Å². The van der Waals surface area contributed by atoms with E-state index < -0.39 is 0 Å². The first-order valence-corrected chi connectivity index (χ1v) is 9.00. The van der Waals surface area contributed by atoms with Crippen molar-refractivity contribution in [2.45, 2.75) is 45.3 Å². The fourth-order valence-electron chi connectivity index (χ4n) is 2.40. The van der Waals surface area contributed by atoms with Gasteiger partial charge in [0.15, 0.2) is 11.8 Å². The molecule has 1 saturated carbocycles. The van der Waals surface area contributed by atoms with Crippen LogP contribution < -0.4 is 10.6 Å². The fourth-order valence-corrected chi connectivity index (χ4v) is 3.03. The summed E-state index contributed by atoms with van der Waals surface area (Å²) in [6, 6.07) is 8.92. The molecule has 0 amide bonds. The van der Waals surface area contributed by atoms with Crippen LogP contribution in [0.1, 0.15) is 43.0 Å². The second-order valence-corrected chi connectivity index (χ2v) is 7.05. The van der Waals surface area contributed by atoms with Crippen LogP contribution in [0.3, 0.4) is 0 Å². The maximum absolute atomic E-state index is 4.70. The van der Waals surface area contributed by atoms with Gasteiger partial charge in [-0.1, -0.05) is 34.1 Å². The van der Waals surface area contributed by atoms with E-state index in [9.17, 15) is 0 Å². The molecule has 1 atom stereocenters. The van der Waals surface area contributed by atoms with E-state index in [0.717, 1.165) is 22.1 Å². The van der Waals surface area contributed by atoms with Gasteiger partial charge in [0, 0.05) is 17.6 Å². The number of benzene rings is 1. The monoisotopic (exact) mass is 518 g/mol. The van der Waals surface area contributed by atoms with E-state index in [0.29, 0.717) is 12.6 Å². The molecule has 0 bridgehead atoms. The molecule has 1 aliphatic rings. The van der Waals surface area contributed by atoms with Crippen LogP contribution in [-0.4, -0.2) is 26.8 Å². The molecule has 136 valence electrons. The number of rotatable bonds is 5. The first-order chi connectivity index (χ1) is 11.5. The highest BCUT2D eigenvalue weighted by atomic mass is 127. The number of aliphatic imine (C=N–C) groups is 1. The van der Waals surface area contributed by atoms with Gasteiger partial charge in [-0.15, -0.1) is 34.2 Å². The maximum atomic E-state index is 4.70. The van der Waals surface area contributed by atoms with Gasteiger partial charge < -0.3 is 15.2 Å². The Balaban J connectivity index is 0.00000225. The molecule has 0 spiro atoms. The van der Waals surface area contributed by atoms with Crippen molar-refractivity contribution in [1.82, 2.24) is 25.4 Å². The Labute approximate surface area is 174 Å². The summed E-state index contributed by atoms with van der Waals surface area (Å²) in [7, 11) is 1.96. The zero-order valence-electron chi connectivity index (χ0n) is 14.7. The van der Waals surface area contributed by atoms with E-state index in [1.165, 1.54) is 18.4 Å². The van der Waals surface area contributed by atoms with Crippen molar-refractivity contribution in [2.75, 3.05) is 0 Å². The molecular formula is C17H24BrIN6. The Morgan fingerprint density at radius 1 is 1.36 bits per heavy atom. The predicted octanol–water partition coefficient (Wildman–Crippen LogP) is 3.46. The normalized spacial score (nSPS) is 15.4. The van der Waals surface area contributed by atoms with Gasteiger partial charge in [0.1, 0.15) is 12.4 Å². The maximum Gasteiger partial charge on any atom is 0.192 e. The van der Waals surface area contributed by atoms with E-state index in [4.69, 9.17) is 4.99 Å². The van der Waals surface area contributed by atoms with Gasteiger partial charge in [-0.25, -0.2) is 4.99 Å². The third kappa shape index (κ3) is 5.40. The SMILES string of the molecule is Cc1nnc(CN=C(NC2CC2)NC(C)c2ccccc2Br)n1C.I. The number of aromatic nitrogens is 3. The molecule has 6 nitrogen and oxygen atoms in total. The van der Waals surface area contributed by atoms with Gasteiger partial charge in [0.2, 0.25) is 0 Å². The highest BCUT2D eigenvalue weighted by Crippen LogP contribution is 2.23. The average Bonchev–Trinajstić information content (AvgIpc) is 3.32. The molecule has 1 heterocycles. The van der Waals surface area contributed by atoms with Gasteiger partial charge in [0.05, 0.1) is 6.04 Å². The zero-order chi connectivity index (χ0) is 17.1. The molecule has 1 unspecified atom stereocenters. The highest BCUT2D eigenvalue weighted by molar-refractivity contribution is 14.0. The van der Waals surface area contributed by atoms with Crippen LogP contribution in [0.25, 0.3) is 0 Å². The molecule has 8 heteroatoms.